The molecule has 3 aromatic rings. The molecule has 29 heavy (non-hydrogen) atoms. The van der Waals surface area contributed by atoms with Crippen LogP contribution in [0.1, 0.15) is 67.4 Å². The number of fused-ring (bicyclic) bond motifs is 2. The second kappa shape index (κ2) is 7.97. The van der Waals surface area contributed by atoms with Gasteiger partial charge in [-0.25, -0.2) is 4.98 Å². The summed E-state index contributed by atoms with van der Waals surface area (Å²) in [5.74, 6) is 1.95. The van der Waals surface area contributed by atoms with E-state index >= 15 is 0 Å². The van der Waals surface area contributed by atoms with Crippen molar-refractivity contribution < 1.29 is 4.79 Å². The number of para-hydroxylation sites is 2. The zero-order chi connectivity index (χ0) is 19.6. The van der Waals surface area contributed by atoms with Gasteiger partial charge in [-0.1, -0.05) is 37.5 Å². The number of nitrogens with one attached hydrogen (secondary N) is 1. The first-order valence-corrected chi connectivity index (χ1v) is 11.0. The predicted octanol–water partition coefficient (Wildman–Crippen LogP) is 4.33. The topological polar surface area (TPSA) is 59.8 Å². The summed E-state index contributed by atoms with van der Waals surface area (Å²) < 4.78 is 2.15. The number of benzene rings is 1. The highest BCUT2D eigenvalue weighted by atomic mass is 16.1. The second-order valence-corrected chi connectivity index (χ2v) is 8.47. The van der Waals surface area contributed by atoms with Crippen LogP contribution in [0.3, 0.4) is 0 Å². The van der Waals surface area contributed by atoms with Gasteiger partial charge in [0.2, 0.25) is 5.91 Å². The van der Waals surface area contributed by atoms with Gasteiger partial charge in [-0.2, -0.15) is 0 Å². The molecule has 2 heterocycles. The van der Waals surface area contributed by atoms with E-state index < -0.39 is 0 Å². The summed E-state index contributed by atoms with van der Waals surface area (Å²) in [6.07, 6.45) is 10.2. The Morgan fingerprint density at radius 1 is 1.07 bits per heavy atom. The minimum absolute atomic E-state index is 0.0644. The van der Waals surface area contributed by atoms with Crippen molar-refractivity contribution in [3.05, 3.63) is 59.7 Å². The summed E-state index contributed by atoms with van der Waals surface area (Å²) in [5.41, 5.74) is 4.54. The molecule has 0 aliphatic heterocycles. The third kappa shape index (κ3) is 3.66. The normalized spacial score (nSPS) is 19.4. The largest absolute Gasteiger partial charge is 0.354 e. The molecule has 1 atom stereocenters. The Balaban J connectivity index is 1.32. The molecule has 2 aliphatic carbocycles. The number of aryl methyl sites for hydroxylation is 1. The van der Waals surface area contributed by atoms with Gasteiger partial charge >= 0.3 is 0 Å². The van der Waals surface area contributed by atoms with Crippen LogP contribution in [-0.4, -0.2) is 27.0 Å². The summed E-state index contributed by atoms with van der Waals surface area (Å²) >= 11 is 0. The molecule has 5 heteroatoms. The SMILES string of the molecule is O=C(Cn1c(C2CCCCC2)nc2ccccc21)NCC1CCc2cccnc21. The van der Waals surface area contributed by atoms with Gasteiger partial charge in [-0.3, -0.25) is 9.78 Å². The Morgan fingerprint density at radius 2 is 1.93 bits per heavy atom. The highest BCUT2D eigenvalue weighted by Crippen LogP contribution is 2.34. The van der Waals surface area contributed by atoms with Crippen LogP contribution in [0.25, 0.3) is 11.0 Å². The lowest BCUT2D eigenvalue weighted by Crippen LogP contribution is -2.32. The maximum Gasteiger partial charge on any atom is 0.240 e. The fourth-order valence-electron chi connectivity index (χ4n) is 5.06. The lowest BCUT2D eigenvalue weighted by molar-refractivity contribution is -0.121. The summed E-state index contributed by atoms with van der Waals surface area (Å²) in [7, 11) is 0. The van der Waals surface area contributed by atoms with Gasteiger partial charge < -0.3 is 9.88 Å². The van der Waals surface area contributed by atoms with Crippen LogP contribution in [0.4, 0.5) is 0 Å². The van der Waals surface area contributed by atoms with Crippen molar-refractivity contribution in [2.45, 2.75) is 63.3 Å². The molecule has 1 fully saturated rings. The number of carbonyl (C=O) groups is 1. The molecule has 2 aromatic heterocycles. The summed E-state index contributed by atoms with van der Waals surface area (Å²) in [6, 6.07) is 12.3. The number of amides is 1. The quantitative estimate of drug-likeness (QED) is 0.708. The lowest BCUT2D eigenvalue weighted by atomic mass is 9.88. The molecule has 0 bridgehead atoms. The lowest BCUT2D eigenvalue weighted by Gasteiger charge is -2.22. The number of nitrogens with zero attached hydrogens (tertiary/aromatic N) is 3. The summed E-state index contributed by atoms with van der Waals surface area (Å²) in [6.45, 7) is 1.00. The Bertz CT molecular complexity index is 1020. The Morgan fingerprint density at radius 3 is 2.83 bits per heavy atom. The molecule has 5 nitrogen and oxygen atoms in total. The van der Waals surface area contributed by atoms with Crippen molar-refractivity contribution in [1.82, 2.24) is 19.9 Å². The molecule has 0 saturated heterocycles. The van der Waals surface area contributed by atoms with Crippen LogP contribution in [0.2, 0.25) is 0 Å². The van der Waals surface area contributed by atoms with E-state index in [2.05, 4.69) is 33.1 Å². The van der Waals surface area contributed by atoms with E-state index in [-0.39, 0.29) is 5.91 Å². The van der Waals surface area contributed by atoms with Gasteiger partial charge in [-0.15, -0.1) is 0 Å². The average molecular weight is 389 g/mol. The summed E-state index contributed by atoms with van der Waals surface area (Å²) in [4.78, 5) is 22.4. The first-order chi connectivity index (χ1) is 14.3. The van der Waals surface area contributed by atoms with E-state index in [1.165, 1.54) is 37.7 Å². The fraction of sp³-hybridized carbons (Fsp3) is 0.458. The number of hydrogen-bond acceptors (Lipinski definition) is 3. The molecule has 0 spiro atoms. The average Bonchev–Trinajstić information content (AvgIpc) is 3.35. The number of carbonyl (C=O) groups excluding carboxylic acids is 1. The molecule has 1 amide bonds. The Hall–Kier alpha value is -2.69. The maximum absolute atomic E-state index is 12.9. The van der Waals surface area contributed by atoms with Crippen molar-refractivity contribution in [2.24, 2.45) is 0 Å². The van der Waals surface area contributed by atoms with Crippen LogP contribution < -0.4 is 5.32 Å². The first-order valence-electron chi connectivity index (χ1n) is 11.0. The molecule has 5 rings (SSSR count). The van der Waals surface area contributed by atoms with Crippen LogP contribution in [0.5, 0.6) is 0 Å². The molecule has 150 valence electrons. The highest BCUT2D eigenvalue weighted by molar-refractivity contribution is 5.81. The maximum atomic E-state index is 12.9. The molecular formula is C24H28N4O. The van der Waals surface area contributed by atoms with E-state index in [0.29, 0.717) is 24.9 Å². The van der Waals surface area contributed by atoms with Crippen molar-refractivity contribution >= 4 is 16.9 Å². The number of hydrogen-bond donors (Lipinski definition) is 1. The molecular weight excluding hydrogens is 360 g/mol. The fourth-order valence-corrected chi connectivity index (χ4v) is 5.06. The minimum atomic E-state index is 0.0644. The molecule has 0 radical (unpaired) electrons. The molecule has 1 saturated carbocycles. The number of rotatable bonds is 5. The van der Waals surface area contributed by atoms with Crippen molar-refractivity contribution in [3.63, 3.8) is 0 Å². The van der Waals surface area contributed by atoms with Crippen LogP contribution in [0.15, 0.2) is 42.6 Å². The van der Waals surface area contributed by atoms with Crippen LogP contribution in [-0.2, 0) is 17.8 Å². The summed E-state index contributed by atoms with van der Waals surface area (Å²) in [5, 5.41) is 3.17. The Kier molecular flexibility index (Phi) is 5.04. The van der Waals surface area contributed by atoms with E-state index in [1.54, 1.807) is 0 Å². The first kappa shape index (κ1) is 18.3. The van der Waals surface area contributed by atoms with Gasteiger partial charge in [0, 0.05) is 30.3 Å². The van der Waals surface area contributed by atoms with Gasteiger partial charge in [-0.05, 0) is 49.4 Å². The number of pyridine rings is 1. The van der Waals surface area contributed by atoms with E-state index in [1.807, 2.05) is 24.4 Å². The van der Waals surface area contributed by atoms with Crippen LogP contribution in [0, 0.1) is 0 Å². The Labute approximate surface area is 171 Å². The standard InChI is InChI=1S/C24H28N4O/c29-22(26-15-19-13-12-17-9-6-14-25-23(17)19)16-28-21-11-5-4-10-20(21)27-24(28)18-7-2-1-3-8-18/h4-6,9-11,14,18-19H,1-3,7-8,12-13,15-16H2,(H,26,29). The van der Waals surface area contributed by atoms with Crippen LogP contribution >= 0.6 is 0 Å². The highest BCUT2D eigenvalue weighted by Gasteiger charge is 2.25. The molecule has 1 N–H and O–H groups in total. The number of aromatic nitrogens is 3. The third-order valence-electron chi connectivity index (χ3n) is 6.58. The molecule has 1 aromatic carbocycles. The zero-order valence-corrected chi connectivity index (χ0v) is 16.8. The van der Waals surface area contributed by atoms with Crippen molar-refractivity contribution in [2.75, 3.05) is 6.54 Å². The zero-order valence-electron chi connectivity index (χ0n) is 16.8. The molecule has 1 unspecified atom stereocenters. The third-order valence-corrected chi connectivity index (χ3v) is 6.58. The van der Waals surface area contributed by atoms with Gasteiger partial charge in [0.25, 0.3) is 0 Å². The van der Waals surface area contributed by atoms with Crippen molar-refractivity contribution in [1.29, 1.82) is 0 Å². The van der Waals surface area contributed by atoms with E-state index in [9.17, 15) is 4.79 Å². The monoisotopic (exact) mass is 388 g/mol. The van der Waals surface area contributed by atoms with E-state index in [4.69, 9.17) is 4.98 Å². The predicted molar refractivity (Wildman–Crippen MR) is 114 cm³/mol. The van der Waals surface area contributed by atoms with E-state index in [0.717, 1.165) is 35.4 Å². The van der Waals surface area contributed by atoms with Gasteiger partial charge in [0.05, 0.1) is 11.0 Å². The van der Waals surface area contributed by atoms with Gasteiger partial charge in [0.15, 0.2) is 0 Å². The molecule has 2 aliphatic rings. The number of imidazole rings is 1. The second-order valence-electron chi connectivity index (χ2n) is 8.47. The van der Waals surface area contributed by atoms with Crippen molar-refractivity contribution in [3.8, 4) is 0 Å². The van der Waals surface area contributed by atoms with Gasteiger partial charge in [0.1, 0.15) is 12.4 Å². The smallest absolute Gasteiger partial charge is 0.240 e. The minimum Gasteiger partial charge on any atom is -0.354 e.